The molecule has 2 heterocycles. The highest BCUT2D eigenvalue weighted by Gasteiger charge is 2.26. The van der Waals surface area contributed by atoms with Crippen LogP contribution in [0.4, 0.5) is 11.6 Å². The molecule has 0 spiro atoms. The molecule has 0 aliphatic carbocycles. The second-order valence-corrected chi connectivity index (χ2v) is 5.57. The van der Waals surface area contributed by atoms with Crippen molar-refractivity contribution in [2.45, 2.75) is 38.6 Å². The van der Waals surface area contributed by atoms with Crippen LogP contribution in [0.5, 0.6) is 0 Å². The third kappa shape index (κ3) is 2.27. The molecule has 0 amide bonds. The fourth-order valence-electron chi connectivity index (χ4n) is 2.72. The zero-order valence-corrected chi connectivity index (χ0v) is 12.6. The van der Waals surface area contributed by atoms with Crippen molar-refractivity contribution in [1.29, 1.82) is 0 Å². The summed E-state index contributed by atoms with van der Waals surface area (Å²) >= 11 is 5.89. The molecule has 1 aromatic carbocycles. The van der Waals surface area contributed by atoms with Gasteiger partial charge in [0.05, 0.1) is 5.88 Å². The van der Waals surface area contributed by atoms with Crippen LogP contribution in [0.1, 0.15) is 30.2 Å². The van der Waals surface area contributed by atoms with Crippen molar-refractivity contribution in [3.05, 3.63) is 47.3 Å². The Morgan fingerprint density at radius 1 is 1.35 bits per heavy atom. The minimum atomic E-state index is 0.408. The van der Waals surface area contributed by atoms with Gasteiger partial charge >= 0.3 is 0 Å². The van der Waals surface area contributed by atoms with E-state index in [4.69, 9.17) is 11.6 Å². The molecule has 0 bridgehead atoms. The summed E-state index contributed by atoms with van der Waals surface area (Å²) in [4.78, 5) is 11.4. The van der Waals surface area contributed by atoms with Gasteiger partial charge in [0.25, 0.3) is 0 Å². The Kier molecular flexibility index (Phi) is 3.62. The van der Waals surface area contributed by atoms with Crippen molar-refractivity contribution >= 4 is 23.2 Å². The predicted octanol–water partition coefficient (Wildman–Crippen LogP) is 4.00. The molecule has 3 rings (SSSR count). The summed E-state index contributed by atoms with van der Waals surface area (Å²) in [6.45, 7) is 4.22. The van der Waals surface area contributed by atoms with E-state index in [2.05, 4.69) is 46.1 Å². The molecule has 1 unspecified atom stereocenters. The maximum Gasteiger partial charge on any atom is 0.230 e. The Balaban J connectivity index is 2.07. The van der Waals surface area contributed by atoms with Gasteiger partial charge in [-0.05, 0) is 38.3 Å². The molecule has 0 radical (unpaired) electrons. The Bertz CT molecular complexity index is 627. The molecular formula is C16H18ClN3. The number of rotatable bonds is 2. The minimum absolute atomic E-state index is 0.408. The maximum atomic E-state index is 5.89. The van der Waals surface area contributed by atoms with E-state index in [-0.39, 0.29) is 0 Å². The van der Waals surface area contributed by atoms with Crippen LogP contribution in [-0.4, -0.2) is 16.0 Å². The highest BCUT2D eigenvalue weighted by atomic mass is 35.5. The van der Waals surface area contributed by atoms with Crippen molar-refractivity contribution in [3.63, 3.8) is 0 Å². The Morgan fingerprint density at radius 2 is 2.15 bits per heavy atom. The highest BCUT2D eigenvalue weighted by Crippen LogP contribution is 2.35. The number of hydrogen-bond donors (Lipinski definition) is 0. The Hall–Kier alpha value is -1.61. The average molecular weight is 288 g/mol. The van der Waals surface area contributed by atoms with Crippen molar-refractivity contribution in [2.75, 3.05) is 4.90 Å². The standard InChI is InChI=1S/C16H18ClN3/c1-11-7-8-13-5-3-4-6-15(13)20(11)16-18-10-14(9-17)12(2)19-16/h3-6,10-11H,7-9H2,1-2H3. The number of nitrogens with zero attached hydrogens (tertiary/aromatic N) is 3. The lowest BCUT2D eigenvalue weighted by atomic mass is 9.97. The van der Waals surface area contributed by atoms with Gasteiger partial charge in [0.15, 0.2) is 0 Å². The monoisotopic (exact) mass is 287 g/mol. The third-order valence-electron chi connectivity index (χ3n) is 3.95. The zero-order valence-electron chi connectivity index (χ0n) is 11.8. The summed E-state index contributed by atoms with van der Waals surface area (Å²) in [6.07, 6.45) is 4.08. The van der Waals surface area contributed by atoms with Gasteiger partial charge in [-0.25, -0.2) is 9.97 Å². The van der Waals surface area contributed by atoms with Gasteiger partial charge in [-0.1, -0.05) is 18.2 Å². The predicted molar refractivity (Wildman–Crippen MR) is 82.7 cm³/mol. The van der Waals surface area contributed by atoms with Gasteiger partial charge < -0.3 is 4.90 Å². The van der Waals surface area contributed by atoms with E-state index in [1.165, 1.54) is 11.3 Å². The number of aromatic nitrogens is 2. The smallest absolute Gasteiger partial charge is 0.230 e. The molecule has 0 fully saturated rings. The molecule has 20 heavy (non-hydrogen) atoms. The first kappa shape index (κ1) is 13.4. The van der Waals surface area contributed by atoms with Crippen LogP contribution in [0.2, 0.25) is 0 Å². The number of alkyl halides is 1. The minimum Gasteiger partial charge on any atom is -0.307 e. The molecule has 1 aromatic heterocycles. The van der Waals surface area contributed by atoms with Crippen LogP contribution < -0.4 is 4.90 Å². The van der Waals surface area contributed by atoms with Gasteiger partial charge in [-0.15, -0.1) is 11.6 Å². The fraction of sp³-hybridized carbons (Fsp3) is 0.375. The molecule has 1 atom stereocenters. The summed E-state index contributed by atoms with van der Waals surface area (Å²) in [6, 6.07) is 8.92. The normalized spacial score (nSPS) is 17.9. The number of anilines is 2. The van der Waals surface area contributed by atoms with Crippen molar-refractivity contribution in [3.8, 4) is 0 Å². The van der Waals surface area contributed by atoms with Gasteiger partial charge in [0, 0.05) is 29.2 Å². The summed E-state index contributed by atoms with van der Waals surface area (Å²) in [5, 5.41) is 0. The van der Waals surface area contributed by atoms with Crippen LogP contribution in [0, 0.1) is 6.92 Å². The first-order chi connectivity index (χ1) is 9.70. The van der Waals surface area contributed by atoms with Crippen molar-refractivity contribution in [2.24, 2.45) is 0 Å². The Morgan fingerprint density at radius 3 is 2.90 bits per heavy atom. The van der Waals surface area contributed by atoms with Gasteiger partial charge in [0.1, 0.15) is 0 Å². The summed E-state index contributed by atoms with van der Waals surface area (Å²) in [5.74, 6) is 1.23. The highest BCUT2D eigenvalue weighted by molar-refractivity contribution is 6.17. The van der Waals surface area contributed by atoms with E-state index in [0.717, 1.165) is 30.0 Å². The van der Waals surface area contributed by atoms with E-state index in [0.29, 0.717) is 11.9 Å². The molecule has 0 saturated carbocycles. The molecule has 2 aromatic rings. The van der Waals surface area contributed by atoms with E-state index >= 15 is 0 Å². The second-order valence-electron chi connectivity index (χ2n) is 5.30. The number of fused-ring (bicyclic) bond motifs is 1. The molecular weight excluding hydrogens is 270 g/mol. The van der Waals surface area contributed by atoms with Crippen LogP contribution >= 0.6 is 11.6 Å². The van der Waals surface area contributed by atoms with Gasteiger partial charge in [0.2, 0.25) is 5.95 Å². The zero-order chi connectivity index (χ0) is 14.1. The fourth-order valence-corrected chi connectivity index (χ4v) is 2.98. The van der Waals surface area contributed by atoms with Crippen LogP contribution in [0.25, 0.3) is 0 Å². The quantitative estimate of drug-likeness (QED) is 0.782. The number of aryl methyl sites for hydroxylation is 2. The lowest BCUT2D eigenvalue weighted by Crippen LogP contribution is -2.34. The molecule has 1 aliphatic rings. The first-order valence-electron chi connectivity index (χ1n) is 6.96. The molecule has 104 valence electrons. The van der Waals surface area contributed by atoms with E-state index in [1.54, 1.807) is 0 Å². The van der Waals surface area contributed by atoms with Gasteiger partial charge in [-0.3, -0.25) is 0 Å². The molecule has 0 N–H and O–H groups in total. The molecule has 1 aliphatic heterocycles. The topological polar surface area (TPSA) is 29.0 Å². The van der Waals surface area contributed by atoms with E-state index in [1.807, 2.05) is 13.1 Å². The number of benzene rings is 1. The van der Waals surface area contributed by atoms with E-state index < -0.39 is 0 Å². The second kappa shape index (κ2) is 5.41. The van der Waals surface area contributed by atoms with Gasteiger partial charge in [-0.2, -0.15) is 0 Å². The summed E-state index contributed by atoms with van der Waals surface area (Å²) < 4.78 is 0. The number of para-hydroxylation sites is 1. The summed E-state index contributed by atoms with van der Waals surface area (Å²) in [7, 11) is 0. The summed E-state index contributed by atoms with van der Waals surface area (Å²) in [5.41, 5.74) is 4.55. The number of hydrogen-bond acceptors (Lipinski definition) is 3. The Labute approximate surface area is 124 Å². The van der Waals surface area contributed by atoms with Crippen molar-refractivity contribution < 1.29 is 0 Å². The third-order valence-corrected chi connectivity index (χ3v) is 4.24. The van der Waals surface area contributed by atoms with Crippen LogP contribution in [-0.2, 0) is 12.3 Å². The molecule has 4 heteroatoms. The van der Waals surface area contributed by atoms with Crippen LogP contribution in [0.3, 0.4) is 0 Å². The van der Waals surface area contributed by atoms with E-state index in [9.17, 15) is 0 Å². The van der Waals surface area contributed by atoms with Crippen molar-refractivity contribution in [1.82, 2.24) is 9.97 Å². The molecule has 3 nitrogen and oxygen atoms in total. The number of halogens is 1. The maximum absolute atomic E-state index is 5.89. The molecule has 0 saturated heterocycles. The first-order valence-corrected chi connectivity index (χ1v) is 7.49. The largest absolute Gasteiger partial charge is 0.307 e. The average Bonchev–Trinajstić information content (AvgIpc) is 2.47. The SMILES string of the molecule is Cc1nc(N2c3ccccc3CCC2C)ncc1CCl. The lowest BCUT2D eigenvalue weighted by Gasteiger charge is -2.35. The lowest BCUT2D eigenvalue weighted by molar-refractivity contribution is 0.606. The van der Waals surface area contributed by atoms with Crippen LogP contribution in [0.15, 0.2) is 30.5 Å².